The Morgan fingerprint density at radius 2 is 1.76 bits per heavy atom. The Kier molecular flexibility index (Phi) is 3.47. The summed E-state index contributed by atoms with van der Waals surface area (Å²) >= 11 is 0. The van der Waals surface area contributed by atoms with Gasteiger partial charge in [-0.3, -0.25) is 0 Å². The van der Waals surface area contributed by atoms with Crippen LogP contribution in [0.25, 0.3) is 0 Å². The molecule has 98 valence electrons. The normalized spacial score (nSPS) is 47.3. The molecular formula is C16H28O. The van der Waals surface area contributed by atoms with Crippen LogP contribution in [0.4, 0.5) is 0 Å². The molecule has 1 heteroatoms. The van der Waals surface area contributed by atoms with Gasteiger partial charge in [0.25, 0.3) is 0 Å². The highest BCUT2D eigenvalue weighted by molar-refractivity contribution is 4.95. The fourth-order valence-electron chi connectivity index (χ4n) is 5.00. The van der Waals surface area contributed by atoms with Gasteiger partial charge in [0.1, 0.15) is 0 Å². The molecule has 0 aromatic rings. The maximum atomic E-state index is 10.7. The molecular weight excluding hydrogens is 208 g/mol. The molecule has 3 aliphatic carbocycles. The summed E-state index contributed by atoms with van der Waals surface area (Å²) in [7, 11) is 0. The number of rotatable bonds is 3. The van der Waals surface area contributed by atoms with E-state index in [1.807, 2.05) is 0 Å². The van der Waals surface area contributed by atoms with Gasteiger partial charge in [0, 0.05) is 0 Å². The Bertz CT molecular complexity index is 254. The van der Waals surface area contributed by atoms with Crippen LogP contribution in [-0.2, 0) is 0 Å². The predicted octanol–water partition coefficient (Wildman–Crippen LogP) is 4.00. The molecule has 3 rings (SSSR count). The molecule has 0 spiro atoms. The molecule has 4 atom stereocenters. The van der Waals surface area contributed by atoms with Gasteiger partial charge in [-0.25, -0.2) is 0 Å². The summed E-state index contributed by atoms with van der Waals surface area (Å²) < 4.78 is 0. The van der Waals surface area contributed by atoms with E-state index >= 15 is 0 Å². The summed E-state index contributed by atoms with van der Waals surface area (Å²) in [6.45, 7) is 2.32. The molecule has 0 heterocycles. The van der Waals surface area contributed by atoms with Crippen LogP contribution in [0.2, 0.25) is 0 Å². The third-order valence-corrected chi connectivity index (χ3v) is 6.18. The molecule has 0 aromatic carbocycles. The van der Waals surface area contributed by atoms with Gasteiger partial charge in [0.05, 0.1) is 6.10 Å². The van der Waals surface area contributed by atoms with Crippen molar-refractivity contribution in [1.29, 1.82) is 0 Å². The molecule has 0 radical (unpaired) electrons. The van der Waals surface area contributed by atoms with E-state index in [2.05, 4.69) is 6.92 Å². The van der Waals surface area contributed by atoms with Crippen molar-refractivity contribution in [3.8, 4) is 0 Å². The van der Waals surface area contributed by atoms with E-state index in [-0.39, 0.29) is 6.10 Å². The quantitative estimate of drug-likeness (QED) is 0.785. The first kappa shape index (κ1) is 12.0. The standard InChI is InChI=1S/C16H28O/c1-2-11-3-6-13(7-4-11)16(17)15-10-12-5-8-14(15)9-12/h11-17H,2-10H2,1H3. The van der Waals surface area contributed by atoms with E-state index in [0.717, 1.165) is 17.8 Å². The number of aliphatic hydroxyl groups is 1. The third-order valence-electron chi connectivity index (χ3n) is 6.18. The predicted molar refractivity (Wildman–Crippen MR) is 70.7 cm³/mol. The van der Waals surface area contributed by atoms with Crippen LogP contribution in [0.1, 0.15) is 64.7 Å². The molecule has 3 aliphatic rings. The van der Waals surface area contributed by atoms with Crippen molar-refractivity contribution in [3.63, 3.8) is 0 Å². The Balaban J connectivity index is 1.54. The Morgan fingerprint density at radius 3 is 2.29 bits per heavy atom. The summed E-state index contributed by atoms with van der Waals surface area (Å²) in [5.41, 5.74) is 0. The van der Waals surface area contributed by atoms with Crippen LogP contribution >= 0.6 is 0 Å². The minimum absolute atomic E-state index is 0.0445. The van der Waals surface area contributed by atoms with Crippen molar-refractivity contribution in [2.45, 2.75) is 70.8 Å². The lowest BCUT2D eigenvalue weighted by Gasteiger charge is -2.36. The smallest absolute Gasteiger partial charge is 0.0599 e. The lowest BCUT2D eigenvalue weighted by atomic mass is 9.72. The third kappa shape index (κ3) is 2.28. The van der Waals surface area contributed by atoms with Crippen molar-refractivity contribution in [2.24, 2.45) is 29.6 Å². The highest BCUT2D eigenvalue weighted by Gasteiger charge is 2.44. The first-order valence-electron chi connectivity index (χ1n) is 7.96. The number of hydrogen-bond acceptors (Lipinski definition) is 1. The van der Waals surface area contributed by atoms with Gasteiger partial charge in [-0.1, -0.05) is 32.6 Å². The molecule has 17 heavy (non-hydrogen) atoms. The summed E-state index contributed by atoms with van der Waals surface area (Å²) in [4.78, 5) is 0. The molecule has 0 amide bonds. The highest BCUT2D eigenvalue weighted by atomic mass is 16.3. The van der Waals surface area contributed by atoms with E-state index in [9.17, 15) is 5.11 Å². The van der Waals surface area contributed by atoms with Crippen molar-refractivity contribution in [1.82, 2.24) is 0 Å². The van der Waals surface area contributed by atoms with Gasteiger partial charge in [-0.15, -0.1) is 0 Å². The lowest BCUT2D eigenvalue weighted by Crippen LogP contribution is -2.34. The molecule has 3 saturated carbocycles. The number of fused-ring (bicyclic) bond motifs is 2. The molecule has 1 nitrogen and oxygen atoms in total. The maximum absolute atomic E-state index is 10.7. The van der Waals surface area contributed by atoms with Crippen LogP contribution in [-0.4, -0.2) is 11.2 Å². The molecule has 0 aliphatic heterocycles. The van der Waals surface area contributed by atoms with Crippen molar-refractivity contribution < 1.29 is 5.11 Å². The zero-order chi connectivity index (χ0) is 11.8. The molecule has 0 saturated heterocycles. The van der Waals surface area contributed by atoms with Crippen LogP contribution < -0.4 is 0 Å². The zero-order valence-electron chi connectivity index (χ0n) is 11.3. The van der Waals surface area contributed by atoms with Crippen LogP contribution in [0.15, 0.2) is 0 Å². The van der Waals surface area contributed by atoms with Gasteiger partial charge in [0.15, 0.2) is 0 Å². The SMILES string of the molecule is CCC1CCC(C(O)C2CC3CCC2C3)CC1. The van der Waals surface area contributed by atoms with Gasteiger partial charge >= 0.3 is 0 Å². The average molecular weight is 236 g/mol. The van der Waals surface area contributed by atoms with E-state index in [1.165, 1.54) is 57.8 Å². The van der Waals surface area contributed by atoms with Crippen molar-refractivity contribution in [3.05, 3.63) is 0 Å². The topological polar surface area (TPSA) is 20.2 Å². The maximum Gasteiger partial charge on any atom is 0.0599 e. The first-order valence-corrected chi connectivity index (χ1v) is 7.96. The minimum Gasteiger partial charge on any atom is -0.393 e. The summed E-state index contributed by atoms with van der Waals surface area (Å²) in [5, 5.41) is 10.7. The summed E-state index contributed by atoms with van der Waals surface area (Å²) in [5.74, 6) is 4.14. The minimum atomic E-state index is 0.0445. The highest BCUT2D eigenvalue weighted by Crippen LogP contribution is 2.51. The van der Waals surface area contributed by atoms with Gasteiger partial charge in [0.2, 0.25) is 0 Å². The Labute approximate surface area is 106 Å². The van der Waals surface area contributed by atoms with Crippen LogP contribution in [0.3, 0.4) is 0 Å². The zero-order valence-corrected chi connectivity index (χ0v) is 11.3. The van der Waals surface area contributed by atoms with Gasteiger partial charge < -0.3 is 5.11 Å². The van der Waals surface area contributed by atoms with Gasteiger partial charge in [-0.2, -0.15) is 0 Å². The fraction of sp³-hybridized carbons (Fsp3) is 1.00. The molecule has 4 unspecified atom stereocenters. The van der Waals surface area contributed by atoms with Gasteiger partial charge in [-0.05, 0) is 61.7 Å². The van der Waals surface area contributed by atoms with E-state index in [1.54, 1.807) is 0 Å². The summed E-state index contributed by atoms with van der Waals surface area (Å²) in [6, 6.07) is 0. The fourth-order valence-corrected chi connectivity index (χ4v) is 5.00. The van der Waals surface area contributed by atoms with E-state index in [0.29, 0.717) is 11.8 Å². The van der Waals surface area contributed by atoms with Crippen LogP contribution in [0.5, 0.6) is 0 Å². The van der Waals surface area contributed by atoms with Crippen molar-refractivity contribution >= 4 is 0 Å². The molecule has 0 aromatic heterocycles. The molecule has 3 fully saturated rings. The average Bonchev–Trinajstić information content (AvgIpc) is 3.00. The van der Waals surface area contributed by atoms with E-state index < -0.39 is 0 Å². The number of aliphatic hydroxyl groups excluding tert-OH is 1. The van der Waals surface area contributed by atoms with Crippen LogP contribution in [0, 0.1) is 29.6 Å². The molecule has 1 N–H and O–H groups in total. The van der Waals surface area contributed by atoms with E-state index in [4.69, 9.17) is 0 Å². The lowest BCUT2D eigenvalue weighted by molar-refractivity contribution is 0.00498. The second kappa shape index (κ2) is 4.91. The largest absolute Gasteiger partial charge is 0.393 e. The Hall–Kier alpha value is -0.0400. The summed E-state index contributed by atoms with van der Waals surface area (Å²) in [6.07, 6.45) is 12.4. The number of hydrogen-bond donors (Lipinski definition) is 1. The second-order valence-electron chi connectivity index (χ2n) is 7.02. The monoisotopic (exact) mass is 236 g/mol. The Morgan fingerprint density at radius 1 is 1.00 bits per heavy atom. The molecule has 2 bridgehead atoms. The van der Waals surface area contributed by atoms with Crippen molar-refractivity contribution in [2.75, 3.05) is 0 Å². The first-order chi connectivity index (χ1) is 8.28. The second-order valence-corrected chi connectivity index (χ2v) is 7.02.